The Hall–Kier alpha value is -1.98. The van der Waals surface area contributed by atoms with E-state index in [0.29, 0.717) is 29.3 Å². The second kappa shape index (κ2) is 11.0. The molecule has 0 aliphatic heterocycles. The Morgan fingerprint density at radius 1 is 1.07 bits per heavy atom. The van der Waals surface area contributed by atoms with Crippen molar-refractivity contribution >= 4 is 40.9 Å². The van der Waals surface area contributed by atoms with Crippen LogP contribution in [-0.2, 0) is 9.53 Å². The molecule has 27 heavy (non-hydrogen) atoms. The van der Waals surface area contributed by atoms with E-state index in [4.69, 9.17) is 16.3 Å². The highest BCUT2D eigenvalue weighted by Crippen LogP contribution is 2.27. The second-order valence-electron chi connectivity index (χ2n) is 6.02. The van der Waals surface area contributed by atoms with Gasteiger partial charge in [-0.05, 0) is 61.4 Å². The predicted molar refractivity (Wildman–Crippen MR) is 112 cm³/mol. The molecule has 0 saturated carbocycles. The molecule has 0 aliphatic carbocycles. The zero-order chi connectivity index (χ0) is 19.6. The highest BCUT2D eigenvalue weighted by molar-refractivity contribution is 8.00. The number of esters is 1. The number of amides is 1. The van der Waals surface area contributed by atoms with Gasteiger partial charge < -0.3 is 10.1 Å². The van der Waals surface area contributed by atoms with E-state index in [2.05, 4.69) is 5.32 Å². The first-order valence-electron chi connectivity index (χ1n) is 9.03. The number of anilines is 1. The molecule has 0 aliphatic rings. The van der Waals surface area contributed by atoms with Crippen molar-refractivity contribution in [1.29, 1.82) is 0 Å². The summed E-state index contributed by atoms with van der Waals surface area (Å²) in [5.41, 5.74) is 1.13. The zero-order valence-electron chi connectivity index (χ0n) is 15.5. The Labute approximate surface area is 169 Å². The van der Waals surface area contributed by atoms with Crippen molar-refractivity contribution in [3.63, 3.8) is 0 Å². The van der Waals surface area contributed by atoms with Crippen LogP contribution in [0.4, 0.5) is 5.69 Å². The Morgan fingerprint density at radius 3 is 2.33 bits per heavy atom. The minimum absolute atomic E-state index is 0.0734. The first-order chi connectivity index (χ1) is 13.0. The summed E-state index contributed by atoms with van der Waals surface area (Å²) in [5, 5.41) is 3.36. The van der Waals surface area contributed by atoms with Crippen LogP contribution in [0.1, 0.15) is 43.5 Å². The van der Waals surface area contributed by atoms with Crippen molar-refractivity contribution in [2.75, 3.05) is 11.9 Å². The van der Waals surface area contributed by atoms with Crippen molar-refractivity contribution in [2.45, 2.75) is 43.3 Å². The van der Waals surface area contributed by atoms with Crippen molar-refractivity contribution in [3.05, 3.63) is 59.1 Å². The summed E-state index contributed by atoms with van der Waals surface area (Å²) in [5.74, 6) is -0.415. The average Bonchev–Trinajstić information content (AvgIpc) is 2.68. The molecule has 4 nitrogen and oxygen atoms in total. The van der Waals surface area contributed by atoms with Crippen molar-refractivity contribution in [2.24, 2.45) is 0 Å². The number of benzene rings is 2. The molecule has 0 heterocycles. The summed E-state index contributed by atoms with van der Waals surface area (Å²) < 4.78 is 5.18. The quantitative estimate of drug-likeness (QED) is 0.325. The molecule has 0 unspecified atom stereocenters. The molecule has 2 rings (SSSR count). The Balaban J connectivity index is 1.93. The fraction of sp³-hybridized carbons (Fsp3) is 0.333. The van der Waals surface area contributed by atoms with E-state index >= 15 is 0 Å². The van der Waals surface area contributed by atoms with Crippen LogP contribution in [0.5, 0.6) is 0 Å². The van der Waals surface area contributed by atoms with Gasteiger partial charge in [0.2, 0.25) is 5.91 Å². The lowest BCUT2D eigenvalue weighted by Gasteiger charge is -2.15. The normalized spacial score (nSPS) is 11.7. The maximum atomic E-state index is 12.6. The maximum Gasteiger partial charge on any atom is 0.338 e. The lowest BCUT2D eigenvalue weighted by molar-refractivity contribution is -0.115. The largest absolute Gasteiger partial charge is 0.462 e. The molecule has 2 aromatic carbocycles. The minimum Gasteiger partial charge on any atom is -0.462 e. The molecule has 144 valence electrons. The van der Waals surface area contributed by atoms with Crippen LogP contribution in [0, 0.1) is 0 Å². The number of ether oxygens (including phenoxy) is 1. The van der Waals surface area contributed by atoms with Crippen LogP contribution >= 0.6 is 23.4 Å². The first kappa shape index (κ1) is 21.3. The van der Waals surface area contributed by atoms with Gasteiger partial charge in [-0.25, -0.2) is 4.79 Å². The summed E-state index contributed by atoms with van der Waals surface area (Å²) in [7, 11) is 0. The van der Waals surface area contributed by atoms with Gasteiger partial charge in [0.05, 0.1) is 17.4 Å². The second-order valence-corrected chi connectivity index (χ2v) is 7.74. The lowest BCUT2D eigenvalue weighted by atomic mass is 10.2. The van der Waals surface area contributed by atoms with E-state index < -0.39 is 0 Å². The number of halogens is 1. The third-order valence-electron chi connectivity index (χ3n) is 3.87. The summed E-state index contributed by atoms with van der Waals surface area (Å²) in [6.45, 7) is 4.44. The summed E-state index contributed by atoms with van der Waals surface area (Å²) in [6.07, 6.45) is 2.52. The van der Waals surface area contributed by atoms with Gasteiger partial charge in [-0.1, -0.05) is 31.9 Å². The highest BCUT2D eigenvalue weighted by atomic mass is 35.5. The molecule has 6 heteroatoms. The summed E-state index contributed by atoms with van der Waals surface area (Å²) >= 11 is 7.40. The van der Waals surface area contributed by atoms with Gasteiger partial charge in [-0.2, -0.15) is 0 Å². The van der Waals surface area contributed by atoms with E-state index in [1.807, 2.05) is 38.1 Å². The van der Waals surface area contributed by atoms with Crippen molar-refractivity contribution < 1.29 is 14.3 Å². The van der Waals surface area contributed by atoms with Crippen LogP contribution in [0.3, 0.4) is 0 Å². The van der Waals surface area contributed by atoms with Gasteiger partial charge in [0.25, 0.3) is 0 Å². The Kier molecular flexibility index (Phi) is 8.69. The fourth-order valence-corrected chi connectivity index (χ4v) is 3.38. The van der Waals surface area contributed by atoms with E-state index in [0.717, 1.165) is 17.7 Å². The molecule has 0 saturated heterocycles. The van der Waals surface area contributed by atoms with Gasteiger partial charge >= 0.3 is 5.97 Å². The Bertz CT molecular complexity index is 747. The van der Waals surface area contributed by atoms with Crippen molar-refractivity contribution in [1.82, 2.24) is 0 Å². The van der Waals surface area contributed by atoms with Gasteiger partial charge in [-0.3, -0.25) is 4.79 Å². The first-order valence-corrected chi connectivity index (χ1v) is 10.3. The van der Waals surface area contributed by atoms with Gasteiger partial charge in [-0.15, -0.1) is 11.8 Å². The number of thioether (sulfide) groups is 1. The zero-order valence-corrected chi connectivity index (χ0v) is 17.1. The monoisotopic (exact) mass is 405 g/mol. The third-order valence-corrected chi connectivity index (χ3v) is 5.50. The minimum atomic E-state index is -0.342. The van der Waals surface area contributed by atoms with E-state index in [-0.39, 0.29) is 17.1 Å². The summed E-state index contributed by atoms with van der Waals surface area (Å²) in [6, 6.07) is 14.2. The standard InChI is InChI=1S/C21H24ClNO3S/c1-3-5-14-26-21(25)15-6-10-17(11-7-15)23-20(24)19(4-2)27-18-12-8-16(22)9-13-18/h6-13,19H,3-5,14H2,1-2H3,(H,23,24)/t19-/m0/s1. The number of hydrogen-bond acceptors (Lipinski definition) is 4. The number of carbonyl (C=O) groups excluding carboxylic acids is 2. The smallest absolute Gasteiger partial charge is 0.338 e. The SMILES string of the molecule is CCCCOC(=O)c1ccc(NC(=O)[C@H](CC)Sc2ccc(Cl)cc2)cc1. The average molecular weight is 406 g/mol. The highest BCUT2D eigenvalue weighted by Gasteiger charge is 2.18. The van der Waals surface area contributed by atoms with Crippen LogP contribution in [0.15, 0.2) is 53.4 Å². The number of hydrogen-bond donors (Lipinski definition) is 1. The molecule has 1 amide bonds. The number of nitrogens with one attached hydrogen (secondary N) is 1. The van der Waals surface area contributed by atoms with Crippen LogP contribution in [0.2, 0.25) is 5.02 Å². The number of unbranched alkanes of at least 4 members (excludes halogenated alkanes) is 1. The van der Waals surface area contributed by atoms with Gasteiger partial charge in [0.15, 0.2) is 0 Å². The van der Waals surface area contributed by atoms with E-state index in [1.165, 1.54) is 11.8 Å². The molecule has 0 aromatic heterocycles. The van der Waals surface area contributed by atoms with Crippen molar-refractivity contribution in [3.8, 4) is 0 Å². The van der Waals surface area contributed by atoms with E-state index in [9.17, 15) is 9.59 Å². The topological polar surface area (TPSA) is 55.4 Å². The molecule has 1 N–H and O–H groups in total. The third kappa shape index (κ3) is 6.92. The molecule has 2 aromatic rings. The predicted octanol–water partition coefficient (Wildman–Crippen LogP) is 5.81. The number of carbonyl (C=O) groups is 2. The molecule has 0 fully saturated rings. The molecule has 0 radical (unpaired) electrons. The van der Waals surface area contributed by atoms with Gasteiger partial charge in [0, 0.05) is 15.6 Å². The maximum absolute atomic E-state index is 12.6. The Morgan fingerprint density at radius 2 is 1.74 bits per heavy atom. The van der Waals surface area contributed by atoms with Gasteiger partial charge in [0.1, 0.15) is 0 Å². The van der Waals surface area contributed by atoms with Crippen LogP contribution in [0.25, 0.3) is 0 Å². The molecular formula is C21H24ClNO3S. The van der Waals surface area contributed by atoms with Crippen LogP contribution in [-0.4, -0.2) is 23.7 Å². The molecular weight excluding hydrogens is 382 g/mol. The molecule has 0 bridgehead atoms. The van der Waals surface area contributed by atoms with E-state index in [1.54, 1.807) is 24.3 Å². The molecule has 1 atom stereocenters. The summed E-state index contributed by atoms with van der Waals surface area (Å²) in [4.78, 5) is 25.5. The fourth-order valence-electron chi connectivity index (χ4n) is 2.30. The number of rotatable bonds is 9. The lowest BCUT2D eigenvalue weighted by Crippen LogP contribution is -2.24. The van der Waals surface area contributed by atoms with Crippen LogP contribution < -0.4 is 5.32 Å². The molecule has 0 spiro atoms.